The predicted molar refractivity (Wildman–Crippen MR) is 158 cm³/mol. The summed E-state index contributed by atoms with van der Waals surface area (Å²) in [6.07, 6.45) is 5.00. The topological polar surface area (TPSA) is 169 Å². The van der Waals surface area contributed by atoms with Gasteiger partial charge in [0.2, 0.25) is 0 Å². The summed E-state index contributed by atoms with van der Waals surface area (Å²) in [7, 11) is -1.92. The molecule has 2 saturated heterocycles. The van der Waals surface area contributed by atoms with Crippen LogP contribution in [-0.4, -0.2) is 67.2 Å². The molecule has 2 aliphatic rings. The molecule has 2 aliphatic heterocycles. The van der Waals surface area contributed by atoms with Gasteiger partial charge in [0, 0.05) is 29.7 Å². The minimum atomic E-state index is -1.92. The highest BCUT2D eigenvalue weighted by molar-refractivity contribution is 9.09. The van der Waals surface area contributed by atoms with Gasteiger partial charge in [-0.3, -0.25) is 37.5 Å². The van der Waals surface area contributed by atoms with Crippen molar-refractivity contribution in [2.75, 3.05) is 18.7 Å². The number of H-pyrrole nitrogens is 2. The monoisotopic (exact) mass is 662 g/mol. The van der Waals surface area contributed by atoms with Crippen LogP contribution in [0.1, 0.15) is 71.4 Å². The van der Waals surface area contributed by atoms with Crippen molar-refractivity contribution in [3.63, 3.8) is 0 Å². The number of ether oxygens (including phenoxy) is 2. The Morgan fingerprint density at radius 3 is 1.71 bits per heavy atom. The Hall–Kier alpha value is -2.40. The molecule has 2 aromatic rings. The van der Waals surface area contributed by atoms with Crippen LogP contribution in [0.4, 0.5) is 8.78 Å². The lowest BCUT2D eigenvalue weighted by molar-refractivity contribution is -0.00780. The molecule has 6 unspecified atom stereocenters. The molecule has 0 bridgehead atoms. The maximum absolute atomic E-state index is 12.4. The summed E-state index contributed by atoms with van der Waals surface area (Å²) in [5.41, 5.74) is -2.41. The molecular weight excluding hydrogens is 623 g/mol. The van der Waals surface area contributed by atoms with E-state index in [0.717, 1.165) is 25.5 Å². The van der Waals surface area contributed by atoms with E-state index in [1.165, 1.54) is 15.3 Å². The Morgan fingerprint density at radius 2 is 1.33 bits per heavy atom. The molecule has 12 nitrogen and oxygen atoms in total. The van der Waals surface area contributed by atoms with Crippen LogP contribution in [-0.2, 0) is 15.9 Å². The molecule has 4 heterocycles. The summed E-state index contributed by atoms with van der Waals surface area (Å²) < 4.78 is 37.2. The number of aromatic amines is 2. The highest BCUT2D eigenvalue weighted by Gasteiger charge is 2.34. The fraction of sp³-hybridized carbons (Fsp3) is 0.692. The first-order valence-corrected chi connectivity index (χ1v) is 15.1. The van der Waals surface area contributed by atoms with Gasteiger partial charge < -0.3 is 19.5 Å². The number of nitrogens with zero attached hydrogens (tertiary/aromatic N) is 2. The number of rotatable bonds is 8. The summed E-state index contributed by atoms with van der Waals surface area (Å²) in [5, 5.41) is 18.6. The number of hydrogen-bond acceptors (Lipinski definition) is 8. The fourth-order valence-electron chi connectivity index (χ4n) is 5.00. The second kappa shape index (κ2) is 17.0. The van der Waals surface area contributed by atoms with Gasteiger partial charge in [0.25, 0.3) is 11.1 Å². The standard InChI is InChI=1S/C13H19FN2O3.C11H17BN2O5.C2H4BrF/c1-3-10-8(2)6-11(19-10)16-7-9(4-5-14)12(17)15-13(16)18;1-3-8-6(2)4-9(19-8)14-5-7(12(17)18)10(15)13-11(14)16;3-1-2-4/h7-8,10-11H,3-6H2,1-2H3,(H,15,17,18);5-6,8-9,17-18H,3-4H2,1-2H3,(H,13,15,16);1-2H2/i14-1;;4-1. The zero-order chi connectivity index (χ0) is 31.6. The molecule has 2 fully saturated rings. The maximum Gasteiger partial charge on any atom is 0.495 e. The van der Waals surface area contributed by atoms with Crippen LogP contribution >= 0.6 is 15.9 Å². The predicted octanol–water partition coefficient (Wildman–Crippen LogP) is 1.28. The third-order valence-electron chi connectivity index (χ3n) is 7.26. The van der Waals surface area contributed by atoms with Crippen molar-refractivity contribution >= 4 is 28.5 Å². The SMILES string of the molecule is CCC1OC(n2cc(B(O)O)c(=O)[nH]c2=O)CC1C.CCC1OC(n2cc(CC[18F])c(=O)[nH]c2=O)CC1C.[18F]CCBr. The second-order valence-corrected chi connectivity index (χ2v) is 11.1. The zero-order valence-electron chi connectivity index (χ0n) is 24.2. The Balaban J connectivity index is 0.000000261. The highest BCUT2D eigenvalue weighted by Crippen LogP contribution is 2.34. The number of alkyl halides is 3. The van der Waals surface area contributed by atoms with Gasteiger partial charge in [0.05, 0.1) is 31.0 Å². The minimum absolute atomic E-state index is 0.00902. The van der Waals surface area contributed by atoms with Crippen molar-refractivity contribution in [2.24, 2.45) is 11.8 Å². The van der Waals surface area contributed by atoms with Gasteiger partial charge in [-0.05, 0) is 37.5 Å². The van der Waals surface area contributed by atoms with E-state index in [9.17, 15) is 28.0 Å². The first-order valence-electron chi connectivity index (χ1n) is 14.0. The Bertz CT molecular complexity index is 1370. The molecule has 0 spiro atoms. The normalized spacial score (nSPS) is 24.9. The number of hydrogen-bond donors (Lipinski definition) is 4. The second-order valence-electron chi connectivity index (χ2n) is 10.3. The van der Waals surface area contributed by atoms with Crippen LogP contribution in [0.15, 0.2) is 31.6 Å². The highest BCUT2D eigenvalue weighted by atomic mass is 79.9. The van der Waals surface area contributed by atoms with E-state index in [4.69, 9.17) is 19.5 Å². The first-order chi connectivity index (χ1) is 19.9. The molecule has 0 radical (unpaired) electrons. The molecule has 0 saturated carbocycles. The maximum atomic E-state index is 12.4. The fourth-order valence-corrected chi connectivity index (χ4v) is 5.00. The van der Waals surface area contributed by atoms with Crippen LogP contribution in [0.3, 0.4) is 0 Å². The van der Waals surface area contributed by atoms with E-state index in [-0.39, 0.29) is 42.6 Å². The third kappa shape index (κ3) is 9.30. The van der Waals surface area contributed by atoms with E-state index < -0.39 is 42.5 Å². The van der Waals surface area contributed by atoms with Crippen LogP contribution in [0.5, 0.6) is 0 Å². The Labute approximate surface area is 250 Å². The van der Waals surface area contributed by atoms with Crippen molar-refractivity contribution in [2.45, 2.75) is 84.5 Å². The smallest absolute Gasteiger partial charge is 0.423 e. The van der Waals surface area contributed by atoms with Crippen molar-refractivity contribution in [3.8, 4) is 0 Å². The molecule has 0 amide bonds. The summed E-state index contributed by atoms with van der Waals surface area (Å²) in [6.45, 7) is 7.26. The molecule has 236 valence electrons. The van der Waals surface area contributed by atoms with Gasteiger partial charge in [0.1, 0.15) is 12.5 Å². The van der Waals surface area contributed by atoms with Crippen LogP contribution in [0.2, 0.25) is 0 Å². The molecule has 0 aliphatic carbocycles. The lowest BCUT2D eigenvalue weighted by atomic mass is 9.82. The van der Waals surface area contributed by atoms with E-state index in [1.807, 2.05) is 20.8 Å². The first kappa shape index (κ1) is 35.8. The minimum Gasteiger partial charge on any atom is -0.423 e. The lowest BCUT2D eigenvalue weighted by Crippen LogP contribution is -2.48. The Kier molecular flexibility index (Phi) is 14.5. The zero-order valence-corrected chi connectivity index (χ0v) is 25.8. The average Bonchev–Trinajstić information content (AvgIpc) is 3.51. The molecular formula is C26H40BBrF2N4O8. The summed E-state index contributed by atoms with van der Waals surface area (Å²) >= 11 is 2.87. The quantitative estimate of drug-likeness (QED) is 0.242. The summed E-state index contributed by atoms with van der Waals surface area (Å²) in [4.78, 5) is 50.8. The van der Waals surface area contributed by atoms with Gasteiger partial charge in [0.15, 0.2) is 0 Å². The largest absolute Gasteiger partial charge is 0.495 e. The van der Waals surface area contributed by atoms with E-state index in [2.05, 4.69) is 32.8 Å². The van der Waals surface area contributed by atoms with Crippen LogP contribution in [0.25, 0.3) is 0 Å². The van der Waals surface area contributed by atoms with Gasteiger partial charge >= 0.3 is 18.5 Å². The third-order valence-corrected chi connectivity index (χ3v) is 7.56. The molecule has 2 aromatic heterocycles. The van der Waals surface area contributed by atoms with E-state index >= 15 is 0 Å². The Morgan fingerprint density at radius 1 is 0.881 bits per heavy atom. The van der Waals surface area contributed by atoms with Crippen molar-refractivity contribution < 1.29 is 28.3 Å². The van der Waals surface area contributed by atoms with Gasteiger partial charge in [-0.25, -0.2) is 9.59 Å². The van der Waals surface area contributed by atoms with Gasteiger partial charge in [-0.15, -0.1) is 0 Å². The number of halogens is 3. The molecule has 0 aromatic carbocycles. The number of aromatic nitrogens is 4. The average molecular weight is 663 g/mol. The van der Waals surface area contributed by atoms with Gasteiger partial charge in [-0.2, -0.15) is 0 Å². The summed E-state index contributed by atoms with van der Waals surface area (Å²) in [6, 6.07) is 0. The molecule has 4 rings (SSSR count). The molecule has 42 heavy (non-hydrogen) atoms. The number of nitrogens with one attached hydrogen (secondary N) is 2. The van der Waals surface area contributed by atoms with Crippen LogP contribution in [0, 0.1) is 11.8 Å². The van der Waals surface area contributed by atoms with Gasteiger partial charge in [-0.1, -0.05) is 43.6 Å². The van der Waals surface area contributed by atoms with Crippen LogP contribution < -0.4 is 28.0 Å². The van der Waals surface area contributed by atoms with Crippen molar-refractivity contribution in [1.29, 1.82) is 0 Å². The summed E-state index contributed by atoms with van der Waals surface area (Å²) in [5.74, 6) is 0.662. The molecule has 16 heteroatoms. The molecule has 6 atom stereocenters. The van der Waals surface area contributed by atoms with E-state index in [0.29, 0.717) is 23.6 Å². The molecule has 4 N–H and O–H groups in total. The van der Waals surface area contributed by atoms with Crippen molar-refractivity contribution in [1.82, 2.24) is 19.1 Å². The lowest BCUT2D eigenvalue weighted by Gasteiger charge is -2.15. The van der Waals surface area contributed by atoms with E-state index in [1.54, 1.807) is 0 Å². The van der Waals surface area contributed by atoms with Crippen molar-refractivity contribution in [3.05, 3.63) is 59.6 Å². The number of aryl methyl sites for hydroxylation is 1.